The Kier molecular flexibility index (Phi) is 6.57. The zero-order chi connectivity index (χ0) is 22.2. The van der Waals surface area contributed by atoms with E-state index >= 15 is 0 Å². The number of benzene rings is 1. The summed E-state index contributed by atoms with van der Waals surface area (Å²) in [6.07, 6.45) is 0.150. The molecule has 164 valence electrons. The molecule has 1 heterocycles. The normalized spacial score (nSPS) is 21.2. The molecule has 2 aliphatic carbocycles. The van der Waals surface area contributed by atoms with Crippen molar-refractivity contribution in [3.63, 3.8) is 0 Å². The Morgan fingerprint density at radius 3 is 2.63 bits per heavy atom. The Balaban J connectivity index is 0.000000171. The zero-order valence-corrected chi connectivity index (χ0v) is 18.8. The molecule has 0 aliphatic heterocycles. The second kappa shape index (κ2) is 8.67. The van der Waals surface area contributed by atoms with Crippen molar-refractivity contribution in [1.29, 1.82) is 0 Å². The molecule has 2 aromatic rings. The number of carboxylic acids is 1. The highest BCUT2D eigenvalue weighted by Gasteiger charge is 2.63. The number of aryl methyl sites for hydroxylation is 2. The van der Waals surface area contributed by atoms with Crippen molar-refractivity contribution < 1.29 is 24.9 Å². The van der Waals surface area contributed by atoms with Crippen LogP contribution in [0.4, 0.5) is 0 Å². The maximum atomic E-state index is 11.1. The van der Waals surface area contributed by atoms with Crippen LogP contribution in [0.2, 0.25) is 0 Å². The number of nitrogens with two attached hydrogens (primary N) is 1. The van der Waals surface area contributed by atoms with Crippen molar-refractivity contribution in [3.05, 3.63) is 50.2 Å². The number of aromatic carboxylic acids is 1. The molecule has 1 aromatic carbocycles. The first-order valence-corrected chi connectivity index (χ1v) is 11.0. The molecule has 0 amide bonds. The average molecular weight is 434 g/mol. The van der Waals surface area contributed by atoms with Gasteiger partial charge in [0.25, 0.3) is 0 Å². The van der Waals surface area contributed by atoms with Gasteiger partial charge in [0.2, 0.25) is 0 Å². The van der Waals surface area contributed by atoms with Gasteiger partial charge in [-0.3, -0.25) is 0 Å². The van der Waals surface area contributed by atoms with Gasteiger partial charge in [0, 0.05) is 11.4 Å². The van der Waals surface area contributed by atoms with Gasteiger partial charge in [0.1, 0.15) is 23.3 Å². The van der Waals surface area contributed by atoms with Crippen molar-refractivity contribution in [2.75, 3.05) is 13.2 Å². The van der Waals surface area contributed by atoms with Gasteiger partial charge in [-0.1, -0.05) is 26.0 Å². The van der Waals surface area contributed by atoms with Crippen LogP contribution in [0.1, 0.15) is 56.6 Å². The topological polar surface area (TPSA) is 113 Å². The molecular weight excluding hydrogens is 402 g/mol. The Labute approximate surface area is 181 Å². The molecule has 0 radical (unpaired) electrons. The second-order valence-electron chi connectivity index (χ2n) is 8.75. The van der Waals surface area contributed by atoms with Crippen LogP contribution < -0.4 is 10.5 Å². The van der Waals surface area contributed by atoms with Crippen molar-refractivity contribution in [1.82, 2.24) is 0 Å². The first kappa shape index (κ1) is 22.7. The van der Waals surface area contributed by atoms with E-state index in [2.05, 4.69) is 20.8 Å². The monoisotopic (exact) mass is 433 g/mol. The summed E-state index contributed by atoms with van der Waals surface area (Å²) in [5, 5.41) is 26.8. The number of ether oxygens (including phenoxy) is 1. The summed E-state index contributed by atoms with van der Waals surface area (Å²) in [7, 11) is 0. The van der Waals surface area contributed by atoms with Crippen LogP contribution in [0.25, 0.3) is 0 Å². The summed E-state index contributed by atoms with van der Waals surface area (Å²) in [4.78, 5) is 12.9. The maximum absolute atomic E-state index is 11.1. The van der Waals surface area contributed by atoms with Crippen LogP contribution in [0.15, 0.2) is 18.2 Å². The lowest BCUT2D eigenvalue weighted by Crippen LogP contribution is -2.21. The van der Waals surface area contributed by atoms with E-state index in [1.165, 1.54) is 21.8 Å². The van der Waals surface area contributed by atoms with Gasteiger partial charge >= 0.3 is 5.97 Å². The molecule has 0 bridgehead atoms. The number of aliphatic hydroxyl groups excluding tert-OH is 2. The lowest BCUT2D eigenvalue weighted by Gasteiger charge is -2.12. The second-order valence-corrected chi connectivity index (χ2v) is 9.97. The van der Waals surface area contributed by atoms with Crippen molar-refractivity contribution >= 4 is 17.3 Å². The minimum atomic E-state index is -0.835. The molecule has 1 aromatic heterocycles. The number of aliphatic hydroxyl groups is 2. The summed E-state index contributed by atoms with van der Waals surface area (Å²) in [6.45, 7) is 8.87. The summed E-state index contributed by atoms with van der Waals surface area (Å²) < 4.78 is 5.34. The lowest BCUT2D eigenvalue weighted by molar-refractivity contribution is 0.0534. The summed E-state index contributed by atoms with van der Waals surface area (Å²) in [6, 6.07) is 5.65. The summed E-state index contributed by atoms with van der Waals surface area (Å²) >= 11 is 1.46. The van der Waals surface area contributed by atoms with Gasteiger partial charge in [-0.25, -0.2) is 4.79 Å². The number of hydrogen-bond acceptors (Lipinski definition) is 6. The molecule has 6 nitrogen and oxygen atoms in total. The molecule has 7 heteroatoms. The van der Waals surface area contributed by atoms with Crippen molar-refractivity contribution in [2.45, 2.75) is 52.7 Å². The van der Waals surface area contributed by atoms with Crippen molar-refractivity contribution in [3.8, 4) is 5.75 Å². The third kappa shape index (κ3) is 4.25. The van der Waals surface area contributed by atoms with Crippen LogP contribution in [0.3, 0.4) is 0 Å². The van der Waals surface area contributed by atoms with Crippen LogP contribution in [0, 0.1) is 25.2 Å². The molecule has 1 saturated carbocycles. The number of thiophene rings is 1. The first-order chi connectivity index (χ1) is 14.1. The third-order valence-electron chi connectivity index (χ3n) is 6.33. The maximum Gasteiger partial charge on any atom is 0.346 e. The molecule has 5 N–H and O–H groups in total. The van der Waals surface area contributed by atoms with E-state index in [-0.39, 0.29) is 13.2 Å². The van der Waals surface area contributed by atoms with Gasteiger partial charge in [-0.15, -0.1) is 11.3 Å². The van der Waals surface area contributed by atoms with Crippen LogP contribution in [-0.4, -0.2) is 40.6 Å². The summed E-state index contributed by atoms with van der Waals surface area (Å²) in [5.41, 5.74) is 10.4. The van der Waals surface area contributed by atoms with Gasteiger partial charge in [-0.05, 0) is 65.8 Å². The fraction of sp³-hybridized carbons (Fsp3) is 0.522. The molecule has 4 rings (SSSR count). The number of fused-ring (bicyclic) bond motifs is 3. The van der Waals surface area contributed by atoms with E-state index in [1.807, 2.05) is 25.1 Å². The Hall–Kier alpha value is -1.93. The number of rotatable bonds is 6. The number of carboxylic acid groups (broad SMARTS) is 1. The van der Waals surface area contributed by atoms with Crippen molar-refractivity contribution in [2.24, 2.45) is 17.1 Å². The van der Waals surface area contributed by atoms with Crippen LogP contribution in [-0.2, 0) is 13.0 Å². The lowest BCUT2D eigenvalue weighted by atomic mass is 9.95. The fourth-order valence-electron chi connectivity index (χ4n) is 4.54. The fourth-order valence-corrected chi connectivity index (χ4v) is 5.61. The van der Waals surface area contributed by atoms with Crippen LogP contribution >= 0.6 is 11.3 Å². The average Bonchev–Trinajstić information content (AvgIpc) is 3.04. The smallest absolute Gasteiger partial charge is 0.346 e. The molecule has 2 aliphatic rings. The minimum Gasteiger partial charge on any atom is -0.491 e. The molecule has 3 atom stereocenters. The van der Waals surface area contributed by atoms with E-state index < -0.39 is 12.1 Å². The van der Waals surface area contributed by atoms with E-state index in [1.54, 1.807) is 0 Å². The molecule has 0 unspecified atom stereocenters. The summed E-state index contributed by atoms with van der Waals surface area (Å²) in [5.74, 6) is 1.30. The predicted molar refractivity (Wildman–Crippen MR) is 117 cm³/mol. The SMILES string of the molecule is Cc1cc(CN)ccc1OC[C@H](O)CO.Cc1sc(C(=O)O)c2c1[C@H]1[C@@H](C2)C1(C)C. The van der Waals surface area contributed by atoms with Crippen LogP contribution in [0.5, 0.6) is 5.75 Å². The molecule has 1 fully saturated rings. The Bertz CT molecular complexity index is 936. The zero-order valence-electron chi connectivity index (χ0n) is 17.9. The highest BCUT2D eigenvalue weighted by atomic mass is 32.1. The highest BCUT2D eigenvalue weighted by molar-refractivity contribution is 7.14. The van der Waals surface area contributed by atoms with E-state index in [9.17, 15) is 4.79 Å². The minimum absolute atomic E-state index is 0.0965. The Morgan fingerprint density at radius 1 is 1.37 bits per heavy atom. The van der Waals surface area contributed by atoms with E-state index in [0.29, 0.717) is 34.4 Å². The highest BCUT2D eigenvalue weighted by Crippen LogP contribution is 2.71. The predicted octanol–water partition coefficient (Wildman–Crippen LogP) is 3.24. The van der Waals surface area contributed by atoms with Gasteiger partial charge in [0.15, 0.2) is 0 Å². The molecule has 30 heavy (non-hydrogen) atoms. The third-order valence-corrected chi connectivity index (χ3v) is 7.48. The number of carbonyl (C=O) groups is 1. The van der Waals surface area contributed by atoms with Gasteiger partial charge < -0.3 is 25.8 Å². The van der Waals surface area contributed by atoms with Gasteiger partial charge in [0.05, 0.1) is 6.61 Å². The molecule has 0 spiro atoms. The Morgan fingerprint density at radius 2 is 2.07 bits per heavy atom. The molecular formula is C23H31NO5S. The quantitative estimate of drug-likeness (QED) is 0.556. The molecule has 0 saturated heterocycles. The first-order valence-electron chi connectivity index (χ1n) is 10.2. The van der Waals surface area contributed by atoms with E-state index in [4.69, 9.17) is 25.8 Å². The van der Waals surface area contributed by atoms with E-state index in [0.717, 1.165) is 23.1 Å². The largest absolute Gasteiger partial charge is 0.491 e. The number of hydrogen-bond donors (Lipinski definition) is 4. The van der Waals surface area contributed by atoms with Gasteiger partial charge in [-0.2, -0.15) is 0 Å². The standard InChI is InChI=1S/C12H14O2S.C11H17NO3/c1-5-8-6(10(15-5)11(13)14)4-7-9(8)12(7,2)3;1-8-4-9(5-12)2-3-11(8)15-7-10(14)6-13/h7,9H,4H2,1-3H3,(H,13,14);2-4,10,13-14H,5-7,12H2,1H3/t7-,9-;10-/m11/s1.